The third-order valence-electron chi connectivity index (χ3n) is 4.07. The lowest BCUT2D eigenvalue weighted by molar-refractivity contribution is -0.274. The van der Waals surface area contributed by atoms with Crippen LogP contribution in [0.5, 0.6) is 11.5 Å². The van der Waals surface area contributed by atoms with Gasteiger partial charge >= 0.3 is 6.36 Å². The zero-order chi connectivity index (χ0) is 22.3. The number of hydrazone groups is 1. The quantitative estimate of drug-likeness (QED) is 0.295. The SMILES string of the molecule is COc1ccccc1/C=N/NC(=S)Nc1ccc(-c2ccccc2)cc1OC(F)(F)F. The van der Waals surface area contributed by atoms with Crippen LogP contribution in [0.25, 0.3) is 11.1 Å². The molecule has 5 nitrogen and oxygen atoms in total. The maximum Gasteiger partial charge on any atom is 0.573 e. The fourth-order valence-electron chi connectivity index (χ4n) is 2.73. The number of ether oxygens (including phenoxy) is 2. The second-order valence-corrected chi connectivity index (χ2v) is 6.60. The Bertz CT molecular complexity index is 1070. The Morgan fingerprint density at radius 3 is 2.35 bits per heavy atom. The normalized spacial score (nSPS) is 11.2. The number of thiocarbonyl (C=S) groups is 1. The summed E-state index contributed by atoms with van der Waals surface area (Å²) < 4.78 is 48.2. The van der Waals surface area contributed by atoms with Crippen LogP contribution in [0.3, 0.4) is 0 Å². The lowest BCUT2D eigenvalue weighted by atomic mass is 10.0. The van der Waals surface area contributed by atoms with E-state index in [0.29, 0.717) is 16.9 Å². The summed E-state index contributed by atoms with van der Waals surface area (Å²) >= 11 is 5.14. The summed E-state index contributed by atoms with van der Waals surface area (Å²) in [7, 11) is 1.54. The zero-order valence-electron chi connectivity index (χ0n) is 16.3. The molecule has 0 unspecified atom stereocenters. The largest absolute Gasteiger partial charge is 0.573 e. The molecule has 3 aromatic rings. The summed E-state index contributed by atoms with van der Waals surface area (Å²) in [5.41, 5.74) is 4.63. The molecule has 31 heavy (non-hydrogen) atoms. The molecule has 0 fully saturated rings. The summed E-state index contributed by atoms with van der Waals surface area (Å²) in [5.74, 6) is 0.205. The van der Waals surface area contributed by atoms with Crippen molar-refractivity contribution in [1.82, 2.24) is 5.43 Å². The van der Waals surface area contributed by atoms with Gasteiger partial charge in [0.1, 0.15) is 5.75 Å². The van der Waals surface area contributed by atoms with Crippen LogP contribution in [-0.2, 0) is 0 Å². The highest BCUT2D eigenvalue weighted by Crippen LogP contribution is 2.34. The van der Waals surface area contributed by atoms with E-state index in [-0.39, 0.29) is 10.8 Å². The standard InChI is InChI=1S/C22H18F3N3O2S/c1-29-19-10-6-5-9-17(19)14-26-28-21(31)27-18-12-11-16(15-7-3-2-4-8-15)13-20(18)30-22(23,24)25/h2-14H,1H3,(H2,27,28,31)/b26-14+. The van der Waals surface area contributed by atoms with Crippen molar-refractivity contribution in [3.63, 3.8) is 0 Å². The number of alkyl halides is 3. The second-order valence-electron chi connectivity index (χ2n) is 6.19. The van der Waals surface area contributed by atoms with Gasteiger partial charge in [-0.1, -0.05) is 48.5 Å². The number of para-hydroxylation sites is 1. The lowest BCUT2D eigenvalue weighted by Gasteiger charge is -2.16. The van der Waals surface area contributed by atoms with Gasteiger partial charge in [0.05, 0.1) is 19.0 Å². The van der Waals surface area contributed by atoms with Gasteiger partial charge in [0.15, 0.2) is 10.9 Å². The topological polar surface area (TPSA) is 54.9 Å². The summed E-state index contributed by atoms with van der Waals surface area (Å²) in [6, 6.07) is 20.6. The number of methoxy groups -OCH3 is 1. The van der Waals surface area contributed by atoms with E-state index in [4.69, 9.17) is 17.0 Å². The minimum Gasteiger partial charge on any atom is -0.496 e. The van der Waals surface area contributed by atoms with Gasteiger partial charge in [-0.2, -0.15) is 5.10 Å². The number of hydrogen-bond acceptors (Lipinski definition) is 4. The molecule has 0 spiro atoms. The van der Waals surface area contributed by atoms with Crippen molar-refractivity contribution in [2.75, 3.05) is 12.4 Å². The number of halogens is 3. The van der Waals surface area contributed by atoms with Gasteiger partial charge in [-0.05, 0) is 47.6 Å². The zero-order valence-corrected chi connectivity index (χ0v) is 17.1. The maximum atomic E-state index is 12.9. The molecule has 3 rings (SSSR count). The van der Waals surface area contributed by atoms with E-state index in [2.05, 4.69) is 20.6 Å². The highest BCUT2D eigenvalue weighted by atomic mass is 32.1. The van der Waals surface area contributed by atoms with Crippen LogP contribution in [-0.4, -0.2) is 24.8 Å². The number of rotatable bonds is 6. The van der Waals surface area contributed by atoms with Crippen LogP contribution < -0.4 is 20.2 Å². The van der Waals surface area contributed by atoms with E-state index in [1.54, 1.807) is 42.5 Å². The van der Waals surface area contributed by atoms with Crippen molar-refractivity contribution in [2.45, 2.75) is 6.36 Å². The van der Waals surface area contributed by atoms with Crippen molar-refractivity contribution in [1.29, 1.82) is 0 Å². The van der Waals surface area contributed by atoms with Gasteiger partial charge in [-0.3, -0.25) is 5.43 Å². The van der Waals surface area contributed by atoms with Crippen molar-refractivity contribution < 1.29 is 22.6 Å². The molecule has 160 valence electrons. The third-order valence-corrected chi connectivity index (χ3v) is 4.26. The Morgan fingerprint density at radius 2 is 1.65 bits per heavy atom. The van der Waals surface area contributed by atoms with Crippen LogP contribution in [0.15, 0.2) is 77.9 Å². The predicted molar refractivity (Wildman–Crippen MR) is 119 cm³/mol. The molecule has 9 heteroatoms. The molecular weight excluding hydrogens is 427 g/mol. The van der Waals surface area contributed by atoms with E-state index < -0.39 is 12.1 Å². The minimum absolute atomic E-state index is 0.00867. The maximum absolute atomic E-state index is 12.9. The van der Waals surface area contributed by atoms with E-state index in [1.165, 1.54) is 25.5 Å². The van der Waals surface area contributed by atoms with Crippen molar-refractivity contribution in [3.05, 3.63) is 78.4 Å². The highest BCUT2D eigenvalue weighted by molar-refractivity contribution is 7.80. The molecule has 0 atom stereocenters. The highest BCUT2D eigenvalue weighted by Gasteiger charge is 2.32. The Balaban J connectivity index is 1.76. The molecule has 0 saturated heterocycles. The van der Waals surface area contributed by atoms with Crippen LogP contribution in [0, 0.1) is 0 Å². The van der Waals surface area contributed by atoms with E-state index >= 15 is 0 Å². The lowest BCUT2D eigenvalue weighted by Crippen LogP contribution is -2.25. The van der Waals surface area contributed by atoms with E-state index in [0.717, 1.165) is 5.56 Å². The number of nitrogens with zero attached hydrogens (tertiary/aromatic N) is 1. The van der Waals surface area contributed by atoms with E-state index in [9.17, 15) is 13.2 Å². The van der Waals surface area contributed by atoms with Crippen molar-refractivity contribution in [3.8, 4) is 22.6 Å². The minimum atomic E-state index is -4.86. The average Bonchev–Trinajstić information content (AvgIpc) is 2.75. The third kappa shape index (κ3) is 6.45. The van der Waals surface area contributed by atoms with Gasteiger partial charge in [0, 0.05) is 5.56 Å². The van der Waals surface area contributed by atoms with Gasteiger partial charge < -0.3 is 14.8 Å². The summed E-state index contributed by atoms with van der Waals surface area (Å²) in [6.45, 7) is 0. The first kappa shape index (κ1) is 22.1. The second kappa shape index (κ2) is 9.94. The first-order valence-corrected chi connectivity index (χ1v) is 9.45. The van der Waals surface area contributed by atoms with Crippen molar-refractivity contribution >= 4 is 29.2 Å². The molecule has 2 N–H and O–H groups in total. The van der Waals surface area contributed by atoms with Gasteiger partial charge in [0.25, 0.3) is 0 Å². The van der Waals surface area contributed by atoms with Crippen LogP contribution in [0.2, 0.25) is 0 Å². The van der Waals surface area contributed by atoms with Crippen LogP contribution in [0.1, 0.15) is 5.56 Å². The molecule has 0 aliphatic carbocycles. The Morgan fingerprint density at radius 1 is 0.935 bits per heavy atom. The first-order chi connectivity index (χ1) is 14.9. The molecule has 0 bridgehead atoms. The molecule has 3 aromatic carbocycles. The van der Waals surface area contributed by atoms with Crippen molar-refractivity contribution in [2.24, 2.45) is 5.10 Å². The number of hydrogen-bond donors (Lipinski definition) is 2. The molecule has 0 heterocycles. The van der Waals surface area contributed by atoms with Gasteiger partial charge in [-0.15, -0.1) is 13.2 Å². The van der Waals surface area contributed by atoms with Crippen LogP contribution >= 0.6 is 12.2 Å². The molecule has 0 aliphatic heterocycles. The average molecular weight is 445 g/mol. The molecule has 0 amide bonds. The fourth-order valence-corrected chi connectivity index (χ4v) is 2.89. The molecular formula is C22H18F3N3O2S. The Kier molecular flexibility index (Phi) is 7.09. The Labute approximate surface area is 182 Å². The van der Waals surface area contributed by atoms with Crippen LogP contribution in [0.4, 0.5) is 18.9 Å². The number of anilines is 1. The summed E-state index contributed by atoms with van der Waals surface area (Å²) in [4.78, 5) is 0. The number of benzene rings is 3. The monoisotopic (exact) mass is 445 g/mol. The first-order valence-electron chi connectivity index (χ1n) is 9.04. The summed E-state index contributed by atoms with van der Waals surface area (Å²) in [6.07, 6.45) is -3.37. The van der Waals surface area contributed by atoms with Gasteiger partial charge in [0.2, 0.25) is 0 Å². The number of nitrogens with one attached hydrogen (secondary N) is 2. The predicted octanol–water partition coefficient (Wildman–Crippen LogP) is 5.58. The smallest absolute Gasteiger partial charge is 0.496 e. The molecule has 0 radical (unpaired) electrons. The molecule has 0 aromatic heterocycles. The van der Waals surface area contributed by atoms with Gasteiger partial charge in [-0.25, -0.2) is 0 Å². The molecule has 0 saturated carbocycles. The Hall–Kier alpha value is -3.59. The summed E-state index contributed by atoms with van der Waals surface area (Å²) in [5, 5.41) is 6.66. The fraction of sp³-hybridized carbons (Fsp3) is 0.0909. The van der Waals surface area contributed by atoms with E-state index in [1.807, 2.05) is 18.2 Å². The molecule has 0 aliphatic rings.